The van der Waals surface area contributed by atoms with Gasteiger partial charge < -0.3 is 14.9 Å². The topological polar surface area (TPSA) is 75.4 Å². The van der Waals surface area contributed by atoms with Gasteiger partial charge in [0.2, 0.25) is 0 Å². The summed E-state index contributed by atoms with van der Waals surface area (Å²) in [5.41, 5.74) is 0.863. The van der Waals surface area contributed by atoms with Gasteiger partial charge in [-0.05, 0) is 37.6 Å². The zero-order valence-corrected chi connectivity index (χ0v) is 11.9. The number of carbonyl (C=O) groups excluding carboxylic acids is 1. The lowest BCUT2D eigenvalue weighted by Gasteiger charge is -2.26. The molecule has 1 saturated carbocycles. The Balaban J connectivity index is 1.96. The molecule has 5 nitrogen and oxygen atoms in total. The molecule has 0 unspecified atom stereocenters. The summed E-state index contributed by atoms with van der Waals surface area (Å²) in [5, 5.41) is 18.6. The van der Waals surface area contributed by atoms with Gasteiger partial charge in [0.1, 0.15) is 17.4 Å². The number of rotatable bonds is 4. The number of hydrogen-bond donors (Lipinski definition) is 2. The molecule has 0 radical (unpaired) electrons. The van der Waals surface area contributed by atoms with Gasteiger partial charge in [-0.15, -0.1) is 11.3 Å². The maximum Gasteiger partial charge on any atom is 0.257 e. The lowest BCUT2D eigenvalue weighted by atomic mass is 9.92. The van der Waals surface area contributed by atoms with E-state index in [0.717, 1.165) is 24.1 Å². The molecule has 1 aliphatic carbocycles. The minimum Gasteiger partial charge on any atom is -0.385 e. The molecular weight excluding hydrogens is 276 g/mol. The Bertz CT molecular complexity index is 600. The number of amides is 1. The van der Waals surface area contributed by atoms with E-state index in [0.29, 0.717) is 11.3 Å². The van der Waals surface area contributed by atoms with Crippen molar-refractivity contribution in [2.75, 3.05) is 0 Å². The predicted octanol–water partition coefficient (Wildman–Crippen LogP) is 2.74. The molecule has 0 aliphatic heterocycles. The lowest BCUT2D eigenvalue weighted by molar-refractivity contribution is 0.0904. The lowest BCUT2D eigenvalue weighted by Crippen LogP contribution is -2.39. The average Bonchev–Trinajstić information content (AvgIpc) is 3.00. The van der Waals surface area contributed by atoms with Crippen LogP contribution in [0.3, 0.4) is 0 Å². The van der Waals surface area contributed by atoms with E-state index < -0.39 is 6.10 Å². The third kappa shape index (κ3) is 2.36. The van der Waals surface area contributed by atoms with Gasteiger partial charge in [-0.2, -0.15) is 0 Å². The van der Waals surface area contributed by atoms with E-state index in [4.69, 9.17) is 4.52 Å². The maximum absolute atomic E-state index is 12.4. The smallest absolute Gasteiger partial charge is 0.257 e. The van der Waals surface area contributed by atoms with Crippen molar-refractivity contribution >= 4 is 17.2 Å². The van der Waals surface area contributed by atoms with Gasteiger partial charge in [-0.3, -0.25) is 4.79 Å². The number of aromatic nitrogens is 1. The zero-order valence-electron chi connectivity index (χ0n) is 11.1. The molecule has 6 heteroatoms. The van der Waals surface area contributed by atoms with Gasteiger partial charge in [0, 0.05) is 6.04 Å². The van der Waals surface area contributed by atoms with Gasteiger partial charge in [0.15, 0.2) is 5.76 Å². The first-order chi connectivity index (χ1) is 9.66. The number of nitrogens with one attached hydrogen (secondary N) is 1. The van der Waals surface area contributed by atoms with E-state index in [1.54, 1.807) is 6.92 Å². The summed E-state index contributed by atoms with van der Waals surface area (Å²) in [7, 11) is 0. The summed E-state index contributed by atoms with van der Waals surface area (Å²) >= 11 is 1.49. The molecule has 0 saturated heterocycles. The monoisotopic (exact) mass is 292 g/mol. The third-order valence-electron chi connectivity index (χ3n) is 3.52. The van der Waals surface area contributed by atoms with Crippen molar-refractivity contribution < 1.29 is 14.4 Å². The molecule has 1 aliphatic rings. The van der Waals surface area contributed by atoms with Gasteiger partial charge >= 0.3 is 0 Å². The molecule has 1 atom stereocenters. The molecule has 3 rings (SSSR count). The Kier molecular flexibility index (Phi) is 3.58. The van der Waals surface area contributed by atoms with E-state index in [2.05, 4.69) is 10.5 Å². The van der Waals surface area contributed by atoms with Crippen LogP contribution in [0.4, 0.5) is 0 Å². The van der Waals surface area contributed by atoms with Crippen LogP contribution in [0.1, 0.15) is 48.4 Å². The van der Waals surface area contributed by atoms with Crippen LogP contribution >= 0.6 is 11.3 Å². The first-order valence-electron chi connectivity index (χ1n) is 6.69. The maximum atomic E-state index is 12.4. The van der Waals surface area contributed by atoms with Crippen molar-refractivity contribution in [1.82, 2.24) is 10.5 Å². The molecular formula is C14H16N2O3S. The SMILES string of the molecule is C[C@H](O)c1onc(-c2cccs2)c1C(=O)NC1CCC1. The highest BCUT2D eigenvalue weighted by molar-refractivity contribution is 7.13. The highest BCUT2D eigenvalue weighted by atomic mass is 32.1. The van der Waals surface area contributed by atoms with E-state index in [-0.39, 0.29) is 17.7 Å². The minimum absolute atomic E-state index is 0.213. The van der Waals surface area contributed by atoms with Crippen molar-refractivity contribution in [2.24, 2.45) is 0 Å². The van der Waals surface area contributed by atoms with Crippen molar-refractivity contribution in [3.05, 3.63) is 28.8 Å². The standard InChI is InChI=1S/C14H16N2O3S/c1-8(17)13-11(14(18)15-9-4-2-5-9)12(16-19-13)10-6-3-7-20-10/h3,6-9,17H,2,4-5H2,1H3,(H,15,18)/t8-/m0/s1. The summed E-state index contributed by atoms with van der Waals surface area (Å²) in [6.45, 7) is 1.57. The van der Waals surface area contributed by atoms with Gasteiger partial charge in [-0.1, -0.05) is 11.2 Å². The van der Waals surface area contributed by atoms with Crippen LogP contribution in [-0.2, 0) is 0 Å². The summed E-state index contributed by atoms with van der Waals surface area (Å²) < 4.78 is 5.18. The number of hydrogen-bond acceptors (Lipinski definition) is 5. The fourth-order valence-corrected chi connectivity index (χ4v) is 2.91. The quantitative estimate of drug-likeness (QED) is 0.908. The molecule has 0 aromatic carbocycles. The second-order valence-corrected chi connectivity index (χ2v) is 5.97. The van der Waals surface area contributed by atoms with Crippen LogP contribution in [0, 0.1) is 0 Å². The first kappa shape index (κ1) is 13.3. The Morgan fingerprint density at radius 1 is 1.60 bits per heavy atom. The number of aliphatic hydroxyl groups is 1. The Morgan fingerprint density at radius 3 is 2.95 bits per heavy atom. The molecule has 106 valence electrons. The van der Waals surface area contributed by atoms with Gasteiger partial charge in [-0.25, -0.2) is 0 Å². The van der Waals surface area contributed by atoms with E-state index in [1.165, 1.54) is 11.3 Å². The highest BCUT2D eigenvalue weighted by Gasteiger charge is 2.29. The number of thiophene rings is 1. The largest absolute Gasteiger partial charge is 0.385 e. The summed E-state index contributed by atoms with van der Waals surface area (Å²) in [5.74, 6) is 0.0143. The Labute approximate surface area is 120 Å². The van der Waals surface area contributed by atoms with Crippen LogP contribution in [0.2, 0.25) is 0 Å². The number of aliphatic hydroxyl groups excluding tert-OH is 1. The second kappa shape index (κ2) is 5.38. The predicted molar refractivity (Wildman–Crippen MR) is 75.6 cm³/mol. The van der Waals surface area contributed by atoms with Crippen molar-refractivity contribution in [3.8, 4) is 10.6 Å². The number of nitrogens with zero attached hydrogens (tertiary/aromatic N) is 1. The molecule has 1 fully saturated rings. The molecule has 0 bridgehead atoms. The summed E-state index contributed by atoms with van der Waals surface area (Å²) in [6.07, 6.45) is 2.30. The fourth-order valence-electron chi connectivity index (χ4n) is 2.20. The van der Waals surface area contributed by atoms with Gasteiger partial charge in [0.25, 0.3) is 5.91 Å². The third-order valence-corrected chi connectivity index (χ3v) is 4.40. The van der Waals surface area contributed by atoms with Gasteiger partial charge in [0.05, 0.1) is 4.88 Å². The number of carbonyl (C=O) groups is 1. The van der Waals surface area contributed by atoms with Crippen molar-refractivity contribution in [1.29, 1.82) is 0 Å². The van der Waals surface area contributed by atoms with Crippen LogP contribution in [-0.4, -0.2) is 22.2 Å². The normalized spacial score (nSPS) is 16.7. The summed E-state index contributed by atoms with van der Waals surface area (Å²) in [6, 6.07) is 4.01. The second-order valence-electron chi connectivity index (χ2n) is 5.02. The average molecular weight is 292 g/mol. The highest BCUT2D eigenvalue weighted by Crippen LogP contribution is 2.32. The zero-order chi connectivity index (χ0) is 14.1. The minimum atomic E-state index is -0.863. The van der Waals surface area contributed by atoms with E-state index >= 15 is 0 Å². The van der Waals surface area contributed by atoms with Crippen molar-refractivity contribution in [3.63, 3.8) is 0 Å². The Morgan fingerprint density at radius 2 is 2.40 bits per heavy atom. The fraction of sp³-hybridized carbons (Fsp3) is 0.429. The molecule has 0 spiro atoms. The van der Waals surface area contributed by atoms with E-state index in [1.807, 2.05) is 17.5 Å². The van der Waals surface area contributed by atoms with E-state index in [9.17, 15) is 9.90 Å². The molecule has 20 heavy (non-hydrogen) atoms. The van der Waals surface area contributed by atoms with Crippen molar-refractivity contribution in [2.45, 2.75) is 38.3 Å². The summed E-state index contributed by atoms with van der Waals surface area (Å²) in [4.78, 5) is 13.3. The molecule has 1 amide bonds. The van der Waals surface area contributed by atoms with Crippen LogP contribution in [0.15, 0.2) is 22.0 Å². The first-order valence-corrected chi connectivity index (χ1v) is 7.57. The molecule has 2 aromatic rings. The van der Waals surface area contributed by atoms with Crippen LogP contribution < -0.4 is 5.32 Å². The van der Waals surface area contributed by atoms with Crippen LogP contribution in [0.25, 0.3) is 10.6 Å². The molecule has 2 N–H and O–H groups in total. The molecule has 2 aromatic heterocycles. The molecule has 2 heterocycles. The van der Waals surface area contributed by atoms with Crippen LogP contribution in [0.5, 0.6) is 0 Å². The Hall–Kier alpha value is -1.66.